The predicted molar refractivity (Wildman–Crippen MR) is 63.7 cm³/mol. The third-order valence-electron chi connectivity index (χ3n) is 3.32. The Morgan fingerprint density at radius 3 is 2.78 bits per heavy atom. The van der Waals surface area contributed by atoms with Gasteiger partial charge in [0.05, 0.1) is 6.61 Å². The van der Waals surface area contributed by atoms with Crippen LogP contribution in [-0.2, 0) is 14.3 Å². The van der Waals surface area contributed by atoms with Crippen LogP contribution in [0.25, 0.3) is 0 Å². The molecule has 1 aromatic rings. The standard InChI is InChI=1S/C14H14O4/c15-11-7-6-10-8-17-14(18-13(10)12(11)16)9-4-2-1-3-5-9/h1-7,10,12-14,16H,8H2/t10-,12-,13-,14?/m1/s1. The average molecular weight is 246 g/mol. The largest absolute Gasteiger partial charge is 0.382 e. The van der Waals surface area contributed by atoms with E-state index in [-0.39, 0.29) is 11.7 Å². The van der Waals surface area contributed by atoms with Gasteiger partial charge in [-0.1, -0.05) is 36.4 Å². The first-order chi connectivity index (χ1) is 8.75. The minimum absolute atomic E-state index is 0.0577. The molecule has 0 spiro atoms. The summed E-state index contributed by atoms with van der Waals surface area (Å²) < 4.78 is 11.3. The molecule has 94 valence electrons. The molecule has 4 nitrogen and oxygen atoms in total. The summed E-state index contributed by atoms with van der Waals surface area (Å²) in [5.41, 5.74) is 0.894. The van der Waals surface area contributed by atoms with Gasteiger partial charge in [-0.25, -0.2) is 0 Å². The van der Waals surface area contributed by atoms with Crippen molar-refractivity contribution >= 4 is 5.78 Å². The van der Waals surface area contributed by atoms with Crippen molar-refractivity contribution in [3.8, 4) is 0 Å². The molecule has 1 heterocycles. The van der Waals surface area contributed by atoms with Crippen LogP contribution in [0.1, 0.15) is 11.9 Å². The van der Waals surface area contributed by atoms with E-state index in [1.807, 2.05) is 30.3 Å². The lowest BCUT2D eigenvalue weighted by molar-refractivity contribution is -0.252. The lowest BCUT2D eigenvalue weighted by atomic mass is 9.89. The second kappa shape index (κ2) is 4.65. The van der Waals surface area contributed by atoms with Gasteiger partial charge in [-0.2, -0.15) is 0 Å². The van der Waals surface area contributed by atoms with Crippen molar-refractivity contribution in [2.24, 2.45) is 5.92 Å². The SMILES string of the molecule is O=C1C=C[C@@H]2COC(c3ccccc3)O[C@H]2[C@@H]1O. The number of carbonyl (C=O) groups is 1. The lowest BCUT2D eigenvalue weighted by Gasteiger charge is -2.38. The maximum absolute atomic E-state index is 11.4. The van der Waals surface area contributed by atoms with E-state index < -0.39 is 18.5 Å². The molecule has 0 saturated carbocycles. The summed E-state index contributed by atoms with van der Waals surface area (Å²) in [5, 5.41) is 9.86. The second-order valence-corrected chi connectivity index (χ2v) is 4.55. The van der Waals surface area contributed by atoms with Crippen LogP contribution in [0, 0.1) is 5.92 Å². The third kappa shape index (κ3) is 1.99. The fourth-order valence-corrected chi connectivity index (χ4v) is 2.31. The van der Waals surface area contributed by atoms with E-state index >= 15 is 0 Å². The summed E-state index contributed by atoms with van der Waals surface area (Å²) in [6.07, 6.45) is 1.04. The molecule has 18 heavy (non-hydrogen) atoms. The van der Waals surface area contributed by atoms with Crippen LogP contribution < -0.4 is 0 Å². The predicted octanol–water partition coefficient (Wildman–Crippen LogP) is 1.22. The Labute approximate surface area is 105 Å². The van der Waals surface area contributed by atoms with Crippen LogP contribution in [0.15, 0.2) is 42.5 Å². The number of aliphatic hydroxyl groups is 1. The minimum atomic E-state index is -1.09. The lowest BCUT2D eigenvalue weighted by Crippen LogP contribution is -2.48. The van der Waals surface area contributed by atoms with Crippen LogP contribution in [0.5, 0.6) is 0 Å². The molecule has 0 bridgehead atoms. The first-order valence-corrected chi connectivity index (χ1v) is 5.98. The highest BCUT2D eigenvalue weighted by atomic mass is 16.7. The summed E-state index contributed by atoms with van der Waals surface area (Å²) in [6.45, 7) is 0.449. The first-order valence-electron chi connectivity index (χ1n) is 5.98. The van der Waals surface area contributed by atoms with Crippen LogP contribution in [0.4, 0.5) is 0 Å². The van der Waals surface area contributed by atoms with Crippen LogP contribution >= 0.6 is 0 Å². The average Bonchev–Trinajstić information content (AvgIpc) is 2.44. The monoisotopic (exact) mass is 246 g/mol. The molecule has 1 fully saturated rings. The van der Waals surface area contributed by atoms with E-state index in [0.717, 1.165) is 5.56 Å². The molecule has 0 radical (unpaired) electrons. The number of aliphatic hydroxyl groups excluding tert-OH is 1. The fourth-order valence-electron chi connectivity index (χ4n) is 2.31. The van der Waals surface area contributed by atoms with Gasteiger partial charge in [-0.05, 0) is 6.08 Å². The maximum atomic E-state index is 11.4. The van der Waals surface area contributed by atoms with E-state index in [9.17, 15) is 9.90 Å². The summed E-state index contributed by atoms with van der Waals surface area (Å²) in [6, 6.07) is 9.51. The number of ether oxygens (including phenoxy) is 2. The summed E-state index contributed by atoms with van der Waals surface area (Å²) >= 11 is 0. The topological polar surface area (TPSA) is 55.8 Å². The van der Waals surface area contributed by atoms with E-state index in [0.29, 0.717) is 6.61 Å². The number of carbonyl (C=O) groups excluding carboxylic acids is 1. The zero-order valence-electron chi connectivity index (χ0n) is 9.73. The highest BCUT2D eigenvalue weighted by Gasteiger charge is 2.40. The molecule has 1 saturated heterocycles. The Kier molecular flexibility index (Phi) is 2.99. The molecular weight excluding hydrogens is 232 g/mol. The molecule has 1 N–H and O–H groups in total. The Morgan fingerprint density at radius 1 is 1.22 bits per heavy atom. The molecule has 0 amide bonds. The third-order valence-corrected chi connectivity index (χ3v) is 3.32. The Bertz CT molecular complexity index is 468. The molecule has 1 aliphatic carbocycles. The normalized spacial score (nSPS) is 35.3. The quantitative estimate of drug-likeness (QED) is 0.809. The number of hydrogen-bond donors (Lipinski definition) is 1. The Hall–Kier alpha value is -1.49. The molecule has 1 unspecified atom stereocenters. The molecule has 0 aromatic heterocycles. The molecule has 4 atom stereocenters. The van der Waals surface area contributed by atoms with Crippen molar-refractivity contribution < 1.29 is 19.4 Å². The van der Waals surface area contributed by atoms with E-state index in [4.69, 9.17) is 9.47 Å². The Morgan fingerprint density at radius 2 is 2.00 bits per heavy atom. The molecule has 1 aliphatic heterocycles. The van der Waals surface area contributed by atoms with Crippen LogP contribution in [-0.4, -0.2) is 29.7 Å². The summed E-state index contributed by atoms with van der Waals surface area (Å²) in [5.74, 6) is -0.359. The fraction of sp³-hybridized carbons (Fsp3) is 0.357. The van der Waals surface area contributed by atoms with Gasteiger partial charge in [0.1, 0.15) is 12.2 Å². The number of fused-ring (bicyclic) bond motifs is 1. The highest BCUT2D eigenvalue weighted by Crippen LogP contribution is 2.33. The minimum Gasteiger partial charge on any atom is -0.382 e. The van der Waals surface area contributed by atoms with Gasteiger partial charge in [-0.15, -0.1) is 0 Å². The van der Waals surface area contributed by atoms with Crippen molar-refractivity contribution in [2.75, 3.05) is 6.61 Å². The zero-order valence-corrected chi connectivity index (χ0v) is 9.73. The van der Waals surface area contributed by atoms with Crippen molar-refractivity contribution in [2.45, 2.75) is 18.5 Å². The van der Waals surface area contributed by atoms with Gasteiger partial charge in [-0.3, -0.25) is 4.79 Å². The Balaban J connectivity index is 1.80. The number of ketones is 1. The molecule has 3 rings (SSSR count). The summed E-state index contributed by atoms with van der Waals surface area (Å²) in [7, 11) is 0. The number of benzene rings is 1. The molecule has 2 aliphatic rings. The zero-order chi connectivity index (χ0) is 12.5. The van der Waals surface area contributed by atoms with Crippen molar-refractivity contribution in [3.05, 3.63) is 48.0 Å². The molecule has 1 aromatic carbocycles. The van der Waals surface area contributed by atoms with Gasteiger partial charge in [0.25, 0.3) is 0 Å². The number of hydrogen-bond acceptors (Lipinski definition) is 4. The highest BCUT2D eigenvalue weighted by molar-refractivity contribution is 5.94. The van der Waals surface area contributed by atoms with Gasteiger partial charge >= 0.3 is 0 Å². The van der Waals surface area contributed by atoms with Crippen molar-refractivity contribution in [1.29, 1.82) is 0 Å². The van der Waals surface area contributed by atoms with Crippen LogP contribution in [0.3, 0.4) is 0 Å². The van der Waals surface area contributed by atoms with E-state index in [1.54, 1.807) is 6.08 Å². The summed E-state index contributed by atoms with van der Waals surface area (Å²) in [4.78, 5) is 11.4. The van der Waals surface area contributed by atoms with Gasteiger partial charge in [0.15, 0.2) is 12.1 Å². The van der Waals surface area contributed by atoms with Crippen LogP contribution in [0.2, 0.25) is 0 Å². The molecule has 4 heteroatoms. The van der Waals surface area contributed by atoms with E-state index in [1.165, 1.54) is 6.08 Å². The first kappa shape index (κ1) is 11.6. The van der Waals surface area contributed by atoms with Gasteiger partial charge in [0, 0.05) is 11.5 Å². The van der Waals surface area contributed by atoms with Gasteiger partial charge in [0.2, 0.25) is 0 Å². The van der Waals surface area contributed by atoms with Crippen molar-refractivity contribution in [1.82, 2.24) is 0 Å². The smallest absolute Gasteiger partial charge is 0.186 e. The number of rotatable bonds is 1. The van der Waals surface area contributed by atoms with Gasteiger partial charge < -0.3 is 14.6 Å². The second-order valence-electron chi connectivity index (χ2n) is 4.55. The maximum Gasteiger partial charge on any atom is 0.186 e. The molecular formula is C14H14O4. The van der Waals surface area contributed by atoms with E-state index in [2.05, 4.69) is 0 Å². The van der Waals surface area contributed by atoms with Crippen molar-refractivity contribution in [3.63, 3.8) is 0 Å².